The first-order chi connectivity index (χ1) is 33.2. The second-order valence-corrected chi connectivity index (χ2v) is 18.7. The van der Waals surface area contributed by atoms with Crippen LogP contribution < -0.4 is 0 Å². The van der Waals surface area contributed by atoms with E-state index in [1.54, 1.807) is 19.1 Å². The molecule has 0 amide bonds. The van der Waals surface area contributed by atoms with Crippen molar-refractivity contribution in [2.24, 2.45) is 0 Å². The maximum absolute atomic E-state index is 12.1. The highest BCUT2D eigenvalue weighted by atomic mass is 16.7. The minimum Gasteiger partial charge on any atom is -0.478 e. The molecule has 3 aromatic carbocycles. The van der Waals surface area contributed by atoms with Gasteiger partial charge in [0.05, 0.1) is 55.0 Å². The number of nitrogens with zero attached hydrogens (tertiary/aromatic N) is 6. The van der Waals surface area contributed by atoms with E-state index >= 15 is 0 Å². The monoisotopic (exact) mass is 941 g/mol. The number of carboxylic acid groups (broad SMARTS) is 1. The third kappa shape index (κ3) is 14.9. The molecule has 6 heterocycles. The highest BCUT2D eigenvalue weighted by molar-refractivity contribution is 5.90. The fourth-order valence-corrected chi connectivity index (χ4v) is 10.8. The van der Waals surface area contributed by atoms with Gasteiger partial charge >= 0.3 is 17.9 Å². The van der Waals surface area contributed by atoms with E-state index in [1.807, 2.05) is 67.6 Å². The van der Waals surface area contributed by atoms with Crippen LogP contribution in [0.15, 0.2) is 72.8 Å². The summed E-state index contributed by atoms with van der Waals surface area (Å²) < 4.78 is 20.7. The minimum atomic E-state index is -0.855. The molecule has 2 N–H and O–H groups in total. The smallest absolute Gasteiger partial charge is 0.340 e. The number of aliphatic hydroxyl groups is 1. The molecule has 6 aliphatic rings. The van der Waals surface area contributed by atoms with Crippen molar-refractivity contribution >= 4 is 17.9 Å². The van der Waals surface area contributed by atoms with Gasteiger partial charge in [-0.15, -0.1) is 0 Å². The number of hydrogen-bond acceptors (Lipinski definition) is 14. The van der Waals surface area contributed by atoms with Gasteiger partial charge in [-0.2, -0.15) is 0 Å². The number of benzene rings is 3. The number of aromatic carboxylic acids is 1. The van der Waals surface area contributed by atoms with E-state index in [-0.39, 0.29) is 31.8 Å². The van der Waals surface area contributed by atoms with Crippen LogP contribution in [0.4, 0.5) is 0 Å². The largest absolute Gasteiger partial charge is 0.478 e. The molecule has 3 aromatic rings. The number of carboxylic acids is 1. The topological polar surface area (TPSA) is 148 Å². The number of aliphatic hydroxyl groups excluding tert-OH is 1. The molecule has 68 heavy (non-hydrogen) atoms. The van der Waals surface area contributed by atoms with Crippen molar-refractivity contribution in [3.63, 3.8) is 0 Å². The fraction of sp³-hybridized carbons (Fsp3) is 0.604. The van der Waals surface area contributed by atoms with E-state index in [2.05, 4.69) is 29.4 Å². The zero-order valence-corrected chi connectivity index (χ0v) is 40.6. The number of carbonyl (C=O) groups excluding carboxylic acids is 2. The first-order valence-electron chi connectivity index (χ1n) is 25.3. The van der Waals surface area contributed by atoms with E-state index in [9.17, 15) is 14.4 Å². The molecular formula is C53H76N6O9. The molecular weight excluding hydrogens is 865 g/mol. The highest BCUT2D eigenvalue weighted by Crippen LogP contribution is 2.29. The summed E-state index contributed by atoms with van der Waals surface area (Å²) in [6.07, 6.45) is 12.7. The van der Waals surface area contributed by atoms with Crippen LogP contribution in [0.2, 0.25) is 0 Å². The van der Waals surface area contributed by atoms with Gasteiger partial charge in [0, 0.05) is 65.5 Å². The normalized spacial score (nSPS) is 22.7. The molecule has 372 valence electrons. The molecule has 15 heteroatoms. The summed E-state index contributed by atoms with van der Waals surface area (Å²) in [5.41, 5.74) is 5.19. The van der Waals surface area contributed by atoms with Gasteiger partial charge in [0.15, 0.2) is 6.29 Å². The lowest BCUT2D eigenvalue weighted by atomic mass is 10.1. The molecule has 0 aliphatic carbocycles. The lowest BCUT2D eigenvalue weighted by molar-refractivity contribution is -0.0941. The predicted octanol–water partition coefficient (Wildman–Crippen LogP) is 6.35. The van der Waals surface area contributed by atoms with E-state index < -0.39 is 12.3 Å². The van der Waals surface area contributed by atoms with Crippen molar-refractivity contribution in [1.82, 2.24) is 29.4 Å². The Labute approximate surface area is 403 Å². The number of esters is 2. The van der Waals surface area contributed by atoms with Gasteiger partial charge in [-0.05, 0) is 144 Å². The molecule has 0 bridgehead atoms. The Morgan fingerprint density at radius 2 is 0.941 bits per heavy atom. The number of hydrogen-bond donors (Lipinski definition) is 2. The molecule has 0 spiro atoms. The Morgan fingerprint density at radius 1 is 0.544 bits per heavy atom. The molecule has 6 fully saturated rings. The number of ether oxygens (including phenoxy) is 4. The van der Waals surface area contributed by atoms with Crippen LogP contribution in [0.1, 0.15) is 119 Å². The SMILES string of the molecule is CCOC(C)OC(=O)c1ccc(CN2CCCN3CCCC32)cc1.O=C(O)c1ccc(CN2CCCN3CCCC32)cc1.O=C(OCCOCCO)c1ccc(CN2CCCN3CCCC32)cc1. The second kappa shape index (κ2) is 26.6. The van der Waals surface area contributed by atoms with Gasteiger partial charge in [0.2, 0.25) is 0 Å². The van der Waals surface area contributed by atoms with Crippen LogP contribution >= 0.6 is 0 Å². The van der Waals surface area contributed by atoms with E-state index in [4.69, 9.17) is 29.2 Å². The third-order valence-electron chi connectivity index (χ3n) is 14.0. The van der Waals surface area contributed by atoms with Crippen molar-refractivity contribution in [3.8, 4) is 0 Å². The van der Waals surface area contributed by atoms with Gasteiger partial charge < -0.3 is 29.2 Å². The maximum Gasteiger partial charge on any atom is 0.340 e. The van der Waals surface area contributed by atoms with Crippen LogP contribution in [0, 0.1) is 0 Å². The second-order valence-electron chi connectivity index (χ2n) is 18.7. The first-order valence-corrected chi connectivity index (χ1v) is 25.3. The zero-order valence-electron chi connectivity index (χ0n) is 40.6. The van der Waals surface area contributed by atoms with Crippen molar-refractivity contribution in [1.29, 1.82) is 0 Å². The third-order valence-corrected chi connectivity index (χ3v) is 14.0. The molecule has 6 saturated heterocycles. The molecule has 0 saturated carbocycles. The molecule has 6 aliphatic heterocycles. The number of carbonyl (C=O) groups is 3. The molecule has 9 rings (SSSR count). The van der Waals surface area contributed by atoms with E-state index in [0.717, 1.165) is 39.3 Å². The summed E-state index contributed by atoms with van der Waals surface area (Å²) in [4.78, 5) is 50.3. The number of rotatable bonds is 17. The van der Waals surface area contributed by atoms with Crippen LogP contribution in [0.3, 0.4) is 0 Å². The van der Waals surface area contributed by atoms with Crippen LogP contribution in [-0.4, -0.2) is 174 Å². The Balaban J connectivity index is 0.000000152. The van der Waals surface area contributed by atoms with Crippen LogP contribution in [-0.2, 0) is 38.6 Å². The van der Waals surface area contributed by atoms with Crippen molar-refractivity contribution in [3.05, 3.63) is 106 Å². The summed E-state index contributed by atoms with van der Waals surface area (Å²) in [6.45, 7) is 18.6. The predicted molar refractivity (Wildman–Crippen MR) is 260 cm³/mol. The quantitative estimate of drug-likeness (QED) is 0.0880. The Morgan fingerprint density at radius 3 is 1.34 bits per heavy atom. The zero-order chi connectivity index (χ0) is 47.7. The lowest BCUT2D eigenvalue weighted by Gasteiger charge is -2.40. The Kier molecular flexibility index (Phi) is 20.2. The van der Waals surface area contributed by atoms with Crippen LogP contribution in [0.5, 0.6) is 0 Å². The summed E-state index contributed by atoms with van der Waals surface area (Å²) in [5.74, 6) is -1.52. The minimum absolute atomic E-state index is 0.0228. The van der Waals surface area contributed by atoms with Crippen molar-refractivity contribution < 1.29 is 43.5 Å². The maximum atomic E-state index is 12.1. The summed E-state index contributed by atoms with van der Waals surface area (Å²) in [6, 6.07) is 22.8. The van der Waals surface area contributed by atoms with E-state index in [0.29, 0.717) is 48.4 Å². The van der Waals surface area contributed by atoms with Gasteiger partial charge in [-0.25, -0.2) is 14.4 Å². The van der Waals surface area contributed by atoms with Crippen molar-refractivity contribution in [2.75, 3.05) is 91.9 Å². The van der Waals surface area contributed by atoms with Gasteiger partial charge in [0.25, 0.3) is 0 Å². The molecule has 15 nitrogen and oxygen atoms in total. The molecule has 0 radical (unpaired) electrons. The van der Waals surface area contributed by atoms with Gasteiger partial charge in [0.1, 0.15) is 6.61 Å². The average Bonchev–Trinajstić information content (AvgIpc) is 4.16. The first kappa shape index (κ1) is 51.6. The Bertz CT molecular complexity index is 2010. The molecule has 4 atom stereocenters. The summed E-state index contributed by atoms with van der Waals surface area (Å²) in [7, 11) is 0. The number of fused-ring (bicyclic) bond motifs is 3. The average molecular weight is 941 g/mol. The molecule has 4 unspecified atom stereocenters. The lowest BCUT2D eigenvalue weighted by Crippen LogP contribution is -2.49. The van der Waals surface area contributed by atoms with E-state index in [1.165, 1.54) is 114 Å². The Hall–Kier alpha value is -4.29. The molecule has 0 aromatic heterocycles. The fourth-order valence-electron chi connectivity index (χ4n) is 10.8. The standard InChI is InChI=1S/C19H28N2O4.C19H28N2O3.C15H20N2O2/c22-11-12-24-13-14-25-19(23)17-6-4-16(5-7-17)15-21-10-2-9-20-8-1-3-18(20)21;1-3-23-15(2)24-19(22)17-9-7-16(8-10-17)14-21-13-5-12-20-11-4-6-18(20)21;18-15(19)13-6-4-12(5-7-13)11-17-10-2-9-16-8-1-3-14(16)17/h4-7,18,22H,1-3,8-15H2;7-10,15,18H,3-6,11-14H2,1-2H3;4-7,14H,1-3,8-11H2,(H,18,19). The van der Waals surface area contributed by atoms with Crippen LogP contribution in [0.25, 0.3) is 0 Å². The summed E-state index contributed by atoms with van der Waals surface area (Å²) in [5, 5.41) is 17.5. The van der Waals surface area contributed by atoms with Crippen molar-refractivity contribution in [2.45, 2.75) is 116 Å². The highest BCUT2D eigenvalue weighted by Gasteiger charge is 2.35. The van der Waals surface area contributed by atoms with Gasteiger partial charge in [-0.1, -0.05) is 36.4 Å². The van der Waals surface area contributed by atoms with Gasteiger partial charge in [-0.3, -0.25) is 29.4 Å². The summed E-state index contributed by atoms with van der Waals surface area (Å²) >= 11 is 0.